The molecule has 0 radical (unpaired) electrons. The van der Waals surface area contributed by atoms with E-state index < -0.39 is 0 Å². The number of aryl methyl sites for hydroxylation is 2. The maximum Gasteiger partial charge on any atom is 0.141 e. The van der Waals surface area contributed by atoms with Crippen molar-refractivity contribution >= 4 is 22.1 Å². The normalized spacial score (nSPS) is 13.2. The van der Waals surface area contributed by atoms with Gasteiger partial charge in [-0.05, 0) is 94.8 Å². The first kappa shape index (κ1) is 29.4. The first-order valence-corrected chi connectivity index (χ1v) is 17.4. The molecule has 0 spiro atoms. The van der Waals surface area contributed by atoms with Crippen molar-refractivity contribution in [3.05, 3.63) is 145 Å². The maximum absolute atomic E-state index is 4.97. The van der Waals surface area contributed by atoms with Gasteiger partial charge in [-0.2, -0.15) is 0 Å². The van der Waals surface area contributed by atoms with Gasteiger partial charge in [0, 0.05) is 29.6 Å². The van der Waals surface area contributed by atoms with Gasteiger partial charge < -0.3 is 9.13 Å². The van der Waals surface area contributed by atoms with Crippen LogP contribution in [0.1, 0.15) is 38.8 Å². The van der Waals surface area contributed by atoms with Crippen molar-refractivity contribution in [1.82, 2.24) is 19.1 Å². The van der Waals surface area contributed by atoms with Crippen LogP contribution in [0.5, 0.6) is 0 Å². The van der Waals surface area contributed by atoms with Crippen LogP contribution in [0, 0.1) is 0 Å². The molecule has 0 bridgehead atoms. The van der Waals surface area contributed by atoms with Crippen LogP contribution < -0.4 is 0 Å². The Kier molecular flexibility index (Phi) is 6.70. The molecule has 6 aromatic carbocycles. The average molecular weight is 635 g/mol. The topological polar surface area (TPSA) is 35.6 Å². The molecule has 49 heavy (non-hydrogen) atoms. The van der Waals surface area contributed by atoms with Crippen molar-refractivity contribution in [2.45, 2.75) is 46.2 Å². The molecule has 0 aliphatic heterocycles. The standard InChI is InChI=1S/C45H38N4/c1-5-48-41-13-9-7-11-39(41)46-43(48)31-19-15-29(16-20-31)33-23-25-35-36-26-24-34(28-38(36)45(3,4)37(35)27-33)30-17-21-32(22-18-30)44-47-40-12-8-10-14-42(40)49(44)6-2/h7-28H,5-6H2,1-4H3. The number of rotatable bonds is 6. The third-order valence-electron chi connectivity index (χ3n) is 10.6. The van der Waals surface area contributed by atoms with Gasteiger partial charge in [0.2, 0.25) is 0 Å². The van der Waals surface area contributed by atoms with E-state index in [1.165, 1.54) is 55.5 Å². The van der Waals surface area contributed by atoms with E-state index in [0.29, 0.717) is 0 Å². The van der Waals surface area contributed by atoms with Gasteiger partial charge in [0.25, 0.3) is 0 Å². The highest BCUT2D eigenvalue weighted by atomic mass is 15.1. The van der Waals surface area contributed by atoms with E-state index in [1.54, 1.807) is 0 Å². The van der Waals surface area contributed by atoms with Crippen LogP contribution >= 0.6 is 0 Å². The number of nitrogens with zero attached hydrogens (tertiary/aromatic N) is 4. The molecular weight excluding hydrogens is 597 g/mol. The highest BCUT2D eigenvalue weighted by molar-refractivity contribution is 5.87. The summed E-state index contributed by atoms with van der Waals surface area (Å²) in [5, 5.41) is 0. The minimum atomic E-state index is -0.117. The van der Waals surface area contributed by atoms with Crippen molar-refractivity contribution in [3.8, 4) is 56.2 Å². The van der Waals surface area contributed by atoms with Gasteiger partial charge in [-0.1, -0.05) is 111 Å². The summed E-state index contributed by atoms with van der Waals surface area (Å²) in [6.45, 7) is 10.9. The fraction of sp³-hybridized carbons (Fsp3) is 0.156. The van der Waals surface area contributed by atoms with Crippen LogP contribution in [-0.4, -0.2) is 19.1 Å². The first-order valence-electron chi connectivity index (χ1n) is 17.4. The SMILES string of the molecule is CCn1c(-c2ccc(-c3ccc4c(c3)C(C)(C)c3cc(-c5ccc(-c6nc7ccccc7n6CC)cc5)ccc3-4)cc2)nc2ccccc21. The lowest BCUT2D eigenvalue weighted by Crippen LogP contribution is -2.15. The van der Waals surface area contributed by atoms with Gasteiger partial charge in [-0.3, -0.25) is 0 Å². The van der Waals surface area contributed by atoms with Gasteiger partial charge >= 0.3 is 0 Å². The van der Waals surface area contributed by atoms with Crippen LogP contribution in [0.4, 0.5) is 0 Å². The lowest BCUT2D eigenvalue weighted by atomic mass is 9.81. The Morgan fingerprint density at radius 2 is 0.816 bits per heavy atom. The molecule has 0 amide bonds. The Bertz CT molecular complexity index is 2350. The molecule has 2 heterocycles. The molecule has 0 saturated carbocycles. The summed E-state index contributed by atoms with van der Waals surface area (Å²) in [5.74, 6) is 2.04. The molecule has 1 aliphatic carbocycles. The van der Waals surface area contributed by atoms with E-state index in [4.69, 9.17) is 9.97 Å². The summed E-state index contributed by atoms with van der Waals surface area (Å²) in [6.07, 6.45) is 0. The molecule has 238 valence electrons. The smallest absolute Gasteiger partial charge is 0.141 e. The van der Waals surface area contributed by atoms with Crippen molar-refractivity contribution in [3.63, 3.8) is 0 Å². The van der Waals surface area contributed by atoms with E-state index in [-0.39, 0.29) is 5.41 Å². The van der Waals surface area contributed by atoms with Crippen LogP contribution in [-0.2, 0) is 18.5 Å². The fourth-order valence-electron chi connectivity index (χ4n) is 7.95. The van der Waals surface area contributed by atoms with Crippen molar-refractivity contribution in [2.24, 2.45) is 0 Å². The van der Waals surface area contributed by atoms with Gasteiger partial charge in [0.15, 0.2) is 0 Å². The molecule has 0 saturated heterocycles. The second-order valence-corrected chi connectivity index (χ2v) is 13.6. The number of imidazole rings is 2. The van der Waals surface area contributed by atoms with Gasteiger partial charge in [-0.15, -0.1) is 0 Å². The second-order valence-electron chi connectivity index (χ2n) is 13.6. The van der Waals surface area contributed by atoms with Crippen LogP contribution in [0.3, 0.4) is 0 Å². The summed E-state index contributed by atoms with van der Waals surface area (Å²) in [7, 11) is 0. The van der Waals surface area contributed by atoms with E-state index >= 15 is 0 Å². The van der Waals surface area contributed by atoms with E-state index in [1.807, 2.05) is 0 Å². The lowest BCUT2D eigenvalue weighted by molar-refractivity contribution is 0.661. The predicted molar refractivity (Wildman–Crippen MR) is 204 cm³/mol. The first-order chi connectivity index (χ1) is 23.9. The van der Waals surface area contributed by atoms with Gasteiger partial charge in [-0.25, -0.2) is 9.97 Å². The lowest BCUT2D eigenvalue weighted by Gasteiger charge is -2.22. The number of hydrogen-bond acceptors (Lipinski definition) is 2. The van der Waals surface area contributed by atoms with Crippen LogP contribution in [0.2, 0.25) is 0 Å². The molecule has 8 aromatic rings. The number of hydrogen-bond donors (Lipinski definition) is 0. The molecule has 0 N–H and O–H groups in total. The molecule has 0 unspecified atom stereocenters. The highest BCUT2D eigenvalue weighted by Gasteiger charge is 2.36. The zero-order chi connectivity index (χ0) is 33.3. The van der Waals surface area contributed by atoms with E-state index in [0.717, 1.165) is 46.9 Å². The number of para-hydroxylation sites is 4. The molecule has 2 aromatic heterocycles. The number of benzene rings is 6. The van der Waals surface area contributed by atoms with E-state index in [2.05, 4.69) is 170 Å². The maximum atomic E-state index is 4.97. The molecule has 4 nitrogen and oxygen atoms in total. The van der Waals surface area contributed by atoms with Gasteiger partial charge in [0.1, 0.15) is 11.6 Å². The quantitative estimate of drug-likeness (QED) is 0.182. The van der Waals surface area contributed by atoms with Gasteiger partial charge in [0.05, 0.1) is 22.1 Å². The number of aromatic nitrogens is 4. The van der Waals surface area contributed by atoms with Crippen LogP contribution in [0.15, 0.2) is 133 Å². The second kappa shape index (κ2) is 11.2. The largest absolute Gasteiger partial charge is 0.324 e. The molecular formula is C45H38N4. The molecule has 1 aliphatic rings. The molecule has 9 rings (SSSR count). The monoisotopic (exact) mass is 634 g/mol. The summed E-state index contributed by atoms with van der Waals surface area (Å²) in [4.78, 5) is 9.93. The molecule has 0 fully saturated rings. The summed E-state index contributed by atoms with van der Waals surface area (Å²) >= 11 is 0. The third-order valence-corrected chi connectivity index (χ3v) is 10.6. The summed E-state index contributed by atoms with van der Waals surface area (Å²) in [6, 6.07) is 48.6. The molecule has 4 heteroatoms. The van der Waals surface area contributed by atoms with E-state index in [9.17, 15) is 0 Å². The average Bonchev–Trinajstić information content (AvgIpc) is 3.79. The Labute approximate surface area is 287 Å². The Balaban J connectivity index is 1.01. The minimum absolute atomic E-state index is 0.117. The molecule has 0 atom stereocenters. The Morgan fingerprint density at radius 1 is 0.449 bits per heavy atom. The van der Waals surface area contributed by atoms with Crippen molar-refractivity contribution < 1.29 is 0 Å². The summed E-state index contributed by atoms with van der Waals surface area (Å²) in [5.41, 5.74) is 16.9. The Hall–Kier alpha value is -5.74. The Morgan fingerprint density at radius 3 is 1.22 bits per heavy atom. The predicted octanol–water partition coefficient (Wildman–Crippen LogP) is 11.4. The van der Waals surface area contributed by atoms with Crippen LogP contribution in [0.25, 0.3) is 78.2 Å². The zero-order valence-electron chi connectivity index (χ0n) is 28.4. The fourth-order valence-corrected chi connectivity index (χ4v) is 7.95. The minimum Gasteiger partial charge on any atom is -0.324 e. The van der Waals surface area contributed by atoms with Crippen molar-refractivity contribution in [2.75, 3.05) is 0 Å². The van der Waals surface area contributed by atoms with Crippen molar-refractivity contribution in [1.29, 1.82) is 0 Å². The third kappa shape index (κ3) is 4.58. The summed E-state index contributed by atoms with van der Waals surface area (Å²) < 4.78 is 4.59. The highest BCUT2D eigenvalue weighted by Crippen LogP contribution is 2.50. The zero-order valence-corrected chi connectivity index (χ0v) is 28.4. The number of fused-ring (bicyclic) bond motifs is 5.